The van der Waals surface area contributed by atoms with E-state index in [4.69, 9.17) is 24.3 Å². The van der Waals surface area contributed by atoms with Crippen molar-refractivity contribution in [2.24, 2.45) is 5.73 Å². The van der Waals surface area contributed by atoms with E-state index in [2.05, 4.69) is 160 Å². The van der Waals surface area contributed by atoms with Gasteiger partial charge in [-0.1, -0.05) is 359 Å². The van der Waals surface area contributed by atoms with Crippen LogP contribution in [0.3, 0.4) is 0 Å². The molecule has 0 rings (SSSR count). The number of esters is 2. The molecule has 0 fully saturated rings. The minimum Gasteiger partial charge on any atom is -0.462 e. The van der Waals surface area contributed by atoms with Gasteiger partial charge in [0.15, 0.2) is 6.10 Å². The predicted octanol–water partition coefficient (Wildman–Crippen LogP) is 26.5. The van der Waals surface area contributed by atoms with Crippen molar-refractivity contribution in [1.29, 1.82) is 0 Å². The zero-order chi connectivity index (χ0) is 68.6. The summed E-state index contributed by atoms with van der Waals surface area (Å²) in [5, 5.41) is 0. The Balaban J connectivity index is 3.89. The Bertz CT molecular complexity index is 2080. The highest BCUT2D eigenvalue weighted by Crippen LogP contribution is 2.43. The van der Waals surface area contributed by atoms with Gasteiger partial charge < -0.3 is 20.1 Å². The lowest BCUT2D eigenvalue weighted by atomic mass is 10.0. The third kappa shape index (κ3) is 78.8. The van der Waals surface area contributed by atoms with Crippen molar-refractivity contribution in [3.05, 3.63) is 146 Å². The second-order valence-electron chi connectivity index (χ2n) is 25.8. The molecule has 544 valence electrons. The van der Waals surface area contributed by atoms with Crippen LogP contribution in [-0.4, -0.2) is 49.3 Å². The van der Waals surface area contributed by atoms with Gasteiger partial charge in [-0.3, -0.25) is 18.6 Å². The molecule has 0 radical (unpaired) electrons. The van der Waals surface area contributed by atoms with Gasteiger partial charge >= 0.3 is 19.8 Å². The molecular weight excluding hydrogens is 1190 g/mol. The van der Waals surface area contributed by atoms with Crippen LogP contribution in [0.2, 0.25) is 0 Å². The SMILES string of the molecule is CC/C=C\C/C=C\C/C=C\C/C=C\C/C=C\C/C=C\C/C=C\C/C=C\C/C=C\C/C=C\CCCCCCCCCCC(=O)OC(COC(=O)CCCCCCCCCCCCCCCCCCCCCCCCC/C=C\C/C=C\CCCCCCC)COP(=O)(O)OCCN. The van der Waals surface area contributed by atoms with Crippen molar-refractivity contribution in [2.45, 2.75) is 354 Å². The highest BCUT2D eigenvalue weighted by Gasteiger charge is 2.26. The zero-order valence-corrected chi connectivity index (χ0v) is 62.3. The number of unbranched alkanes of at least 4 members (excludes halogenated alkanes) is 36. The monoisotopic (exact) mass is 1340 g/mol. The lowest BCUT2D eigenvalue weighted by molar-refractivity contribution is -0.161. The van der Waals surface area contributed by atoms with Gasteiger partial charge in [-0.2, -0.15) is 0 Å². The fourth-order valence-corrected chi connectivity index (χ4v) is 11.7. The van der Waals surface area contributed by atoms with Gasteiger partial charge in [0.05, 0.1) is 13.2 Å². The summed E-state index contributed by atoms with van der Waals surface area (Å²) < 4.78 is 33.2. The summed E-state index contributed by atoms with van der Waals surface area (Å²) in [7, 11) is -4.41. The topological polar surface area (TPSA) is 134 Å². The first kappa shape index (κ1) is 90.9. The summed E-state index contributed by atoms with van der Waals surface area (Å²) in [6.07, 6.45) is 114. The quantitative estimate of drug-likeness (QED) is 0.0264. The first-order valence-electron chi connectivity index (χ1n) is 39.3. The number of carbonyl (C=O) groups is 2. The molecule has 9 nitrogen and oxygen atoms in total. The molecule has 0 aromatic carbocycles. The Morgan fingerprint density at radius 1 is 0.326 bits per heavy atom. The lowest BCUT2D eigenvalue weighted by Gasteiger charge is -2.19. The first-order chi connectivity index (χ1) is 46.8. The van der Waals surface area contributed by atoms with Gasteiger partial charge in [-0.05, 0) is 122 Å². The summed E-state index contributed by atoms with van der Waals surface area (Å²) in [5.74, 6) is -0.832. The molecule has 0 bridgehead atoms. The number of nitrogens with two attached hydrogens (primary N) is 1. The summed E-state index contributed by atoms with van der Waals surface area (Å²) in [5.41, 5.74) is 5.41. The average Bonchev–Trinajstić information content (AvgIpc) is 3.16. The van der Waals surface area contributed by atoms with E-state index in [1.165, 1.54) is 199 Å². The van der Waals surface area contributed by atoms with E-state index in [-0.39, 0.29) is 38.6 Å². The molecule has 0 saturated heterocycles. The van der Waals surface area contributed by atoms with Crippen LogP contribution >= 0.6 is 7.82 Å². The summed E-state index contributed by atoms with van der Waals surface area (Å²) in [6, 6.07) is 0. The molecule has 0 amide bonds. The molecule has 3 N–H and O–H groups in total. The third-order valence-electron chi connectivity index (χ3n) is 16.7. The molecule has 0 aliphatic heterocycles. The van der Waals surface area contributed by atoms with Crippen LogP contribution < -0.4 is 5.73 Å². The van der Waals surface area contributed by atoms with Crippen LogP contribution in [0.4, 0.5) is 0 Å². The van der Waals surface area contributed by atoms with Crippen molar-refractivity contribution in [3.8, 4) is 0 Å². The van der Waals surface area contributed by atoms with Gasteiger partial charge in [-0.15, -0.1) is 0 Å². The average molecular weight is 1340 g/mol. The number of carbonyl (C=O) groups excluding carboxylic acids is 2. The van der Waals surface area contributed by atoms with Crippen LogP contribution in [0.15, 0.2) is 146 Å². The van der Waals surface area contributed by atoms with Crippen LogP contribution in [0.1, 0.15) is 348 Å². The summed E-state index contributed by atoms with van der Waals surface area (Å²) >= 11 is 0. The van der Waals surface area contributed by atoms with E-state index in [1.807, 2.05) is 0 Å². The van der Waals surface area contributed by atoms with Crippen molar-refractivity contribution < 1.29 is 37.6 Å². The Labute approximate surface area is 586 Å². The van der Waals surface area contributed by atoms with E-state index in [1.54, 1.807) is 0 Å². The maximum absolute atomic E-state index is 12.8. The van der Waals surface area contributed by atoms with E-state index < -0.39 is 26.5 Å². The Kier molecular flexibility index (Phi) is 75.5. The molecule has 0 saturated carbocycles. The van der Waals surface area contributed by atoms with Crippen LogP contribution in [0.5, 0.6) is 0 Å². The molecule has 2 unspecified atom stereocenters. The number of allylic oxidation sites excluding steroid dienone is 24. The van der Waals surface area contributed by atoms with Crippen LogP contribution in [-0.2, 0) is 32.7 Å². The highest BCUT2D eigenvalue weighted by atomic mass is 31.2. The predicted molar refractivity (Wildman–Crippen MR) is 413 cm³/mol. The largest absolute Gasteiger partial charge is 0.472 e. The molecule has 2 atom stereocenters. The summed E-state index contributed by atoms with van der Waals surface area (Å²) in [4.78, 5) is 35.5. The Hall–Kier alpha value is -4.11. The van der Waals surface area contributed by atoms with Gasteiger partial charge in [0.2, 0.25) is 0 Å². The van der Waals surface area contributed by atoms with Crippen LogP contribution in [0, 0.1) is 0 Å². The Morgan fingerprint density at radius 3 is 0.863 bits per heavy atom. The molecule has 0 aliphatic carbocycles. The van der Waals surface area contributed by atoms with Crippen molar-refractivity contribution in [3.63, 3.8) is 0 Å². The van der Waals surface area contributed by atoms with E-state index in [9.17, 15) is 19.0 Å². The normalized spacial score (nSPS) is 13.7. The highest BCUT2D eigenvalue weighted by molar-refractivity contribution is 7.47. The molecule has 0 aromatic rings. The van der Waals surface area contributed by atoms with Gasteiger partial charge in [0.25, 0.3) is 0 Å². The van der Waals surface area contributed by atoms with Crippen molar-refractivity contribution in [2.75, 3.05) is 26.4 Å². The number of rotatable bonds is 73. The second-order valence-corrected chi connectivity index (χ2v) is 27.3. The number of phosphoric acid groups is 1. The molecule has 10 heteroatoms. The van der Waals surface area contributed by atoms with E-state index >= 15 is 0 Å². The maximum atomic E-state index is 12.8. The van der Waals surface area contributed by atoms with Crippen molar-refractivity contribution in [1.82, 2.24) is 0 Å². The Morgan fingerprint density at radius 2 is 0.579 bits per heavy atom. The minimum absolute atomic E-state index is 0.0469. The number of hydrogen-bond donors (Lipinski definition) is 2. The minimum atomic E-state index is -4.41. The fraction of sp³-hybridized carbons (Fsp3) is 0.694. The second kappa shape index (κ2) is 78.9. The number of ether oxygens (including phenoxy) is 2. The van der Waals surface area contributed by atoms with Gasteiger partial charge in [0.1, 0.15) is 6.61 Å². The van der Waals surface area contributed by atoms with E-state index in [0.717, 1.165) is 116 Å². The molecule has 95 heavy (non-hydrogen) atoms. The summed E-state index contributed by atoms with van der Waals surface area (Å²) in [6.45, 7) is 3.64. The zero-order valence-electron chi connectivity index (χ0n) is 61.4. The molecule has 0 spiro atoms. The third-order valence-corrected chi connectivity index (χ3v) is 17.7. The number of hydrogen-bond acceptors (Lipinski definition) is 8. The maximum Gasteiger partial charge on any atom is 0.472 e. The van der Waals surface area contributed by atoms with Crippen LogP contribution in [0.25, 0.3) is 0 Å². The first-order valence-corrected chi connectivity index (χ1v) is 40.8. The molecule has 0 aliphatic rings. The fourth-order valence-electron chi connectivity index (χ4n) is 10.9. The van der Waals surface area contributed by atoms with Gasteiger partial charge in [0, 0.05) is 19.4 Å². The molecular formula is C85H146NO8P. The molecule has 0 aromatic heterocycles. The smallest absolute Gasteiger partial charge is 0.462 e. The number of phosphoric ester groups is 1. The van der Waals surface area contributed by atoms with E-state index in [0.29, 0.717) is 6.42 Å². The van der Waals surface area contributed by atoms with Gasteiger partial charge in [-0.25, -0.2) is 4.57 Å². The lowest BCUT2D eigenvalue weighted by Crippen LogP contribution is -2.29. The van der Waals surface area contributed by atoms with Crippen molar-refractivity contribution >= 4 is 19.8 Å². The standard InChI is InChI=1S/C85H146NO8P/c1-3-5-7-9-11-13-15-17-19-21-23-25-27-29-31-33-35-37-39-40-41-42-44-46-48-50-52-54-56-58-60-62-64-66-68-70-72-74-76-78-85(88)94-83(82-93-95(89,90)92-80-79-86)81-91-84(87)77-75-73-71-69-67-65-63-61-59-57-55-53-51-49-47-45-43-38-36-34-32-30-28-26-24-22-20-18-16-14-12-10-8-6-4-2/h5,7,11,13,16-19,22-25,29,31,35,37,40-41,44,46,50,52,56,58,83H,3-4,6,8-10,12,14-15,20-21,26-28,30,32-34,36,38-39,42-43,45,47-49,51,53-55,57,59-82,86H2,1-2H3,(H,89,90)/b7-5-,13-11-,18-16-,19-17-,24-22-,25-23-,31-29-,37-35-,41-40-,46-44-,52-50-,58-56-. The molecule has 0 heterocycles.